The number of hydrogen-bond acceptors (Lipinski definition) is 4. The van der Waals surface area contributed by atoms with Crippen LogP contribution in [0.2, 0.25) is 0 Å². The number of carboxylic acids is 1. The molecule has 2 N–H and O–H groups in total. The number of nitrogens with zero attached hydrogens (tertiary/aromatic N) is 2. The average molecular weight is 311 g/mol. The van der Waals surface area contributed by atoms with E-state index in [4.69, 9.17) is 5.11 Å². The van der Waals surface area contributed by atoms with Gasteiger partial charge in [-0.15, -0.1) is 11.3 Å². The Bertz CT molecular complexity index is 530. The molecule has 0 aliphatic carbocycles. The predicted octanol–water partition coefficient (Wildman–Crippen LogP) is 2.62. The molecule has 0 radical (unpaired) electrons. The van der Waals surface area contributed by atoms with Gasteiger partial charge in [-0.2, -0.15) is 0 Å². The van der Waals surface area contributed by atoms with E-state index in [1.807, 2.05) is 4.90 Å². The lowest BCUT2D eigenvalue weighted by molar-refractivity contribution is 0.0701. The molecular weight excluding hydrogens is 290 g/mol. The number of aromatic carboxylic acids is 1. The molecule has 6 nitrogen and oxygen atoms in total. The van der Waals surface area contributed by atoms with Gasteiger partial charge in [-0.3, -0.25) is 0 Å². The van der Waals surface area contributed by atoms with Crippen LogP contribution in [0.1, 0.15) is 53.0 Å². The number of carbonyl (C=O) groups is 2. The second-order valence-corrected chi connectivity index (χ2v) is 6.46. The van der Waals surface area contributed by atoms with Gasteiger partial charge in [0.25, 0.3) is 0 Å². The second kappa shape index (κ2) is 6.89. The molecular formula is C14H21N3O3S. The molecule has 21 heavy (non-hydrogen) atoms. The number of aryl methyl sites for hydroxylation is 1. The van der Waals surface area contributed by atoms with Crippen molar-refractivity contribution in [3.63, 3.8) is 0 Å². The SMILES string of the molecule is Cc1nc(CNC(=O)N2CCCCCC2C)sc1C(=O)O. The summed E-state index contributed by atoms with van der Waals surface area (Å²) in [7, 11) is 0. The van der Waals surface area contributed by atoms with Crippen molar-refractivity contribution in [1.82, 2.24) is 15.2 Å². The van der Waals surface area contributed by atoms with E-state index < -0.39 is 5.97 Å². The number of urea groups is 1. The van der Waals surface area contributed by atoms with Crippen LogP contribution in [-0.4, -0.2) is 39.6 Å². The van der Waals surface area contributed by atoms with Gasteiger partial charge < -0.3 is 15.3 Å². The van der Waals surface area contributed by atoms with Crippen molar-refractivity contribution in [3.05, 3.63) is 15.6 Å². The van der Waals surface area contributed by atoms with E-state index in [1.165, 1.54) is 12.8 Å². The van der Waals surface area contributed by atoms with Crippen LogP contribution in [0.25, 0.3) is 0 Å². The molecule has 1 atom stereocenters. The number of amides is 2. The van der Waals surface area contributed by atoms with Crippen LogP contribution >= 0.6 is 11.3 Å². The number of hydrogen-bond donors (Lipinski definition) is 2. The lowest BCUT2D eigenvalue weighted by atomic mass is 10.1. The van der Waals surface area contributed by atoms with E-state index in [1.54, 1.807) is 6.92 Å². The highest BCUT2D eigenvalue weighted by Crippen LogP contribution is 2.19. The quantitative estimate of drug-likeness (QED) is 0.899. The number of rotatable bonds is 3. The second-order valence-electron chi connectivity index (χ2n) is 5.38. The molecule has 0 spiro atoms. The Balaban J connectivity index is 1.94. The van der Waals surface area contributed by atoms with Crippen molar-refractivity contribution in [2.24, 2.45) is 0 Å². The molecule has 1 fully saturated rings. The zero-order chi connectivity index (χ0) is 15.4. The fourth-order valence-electron chi connectivity index (χ4n) is 2.56. The van der Waals surface area contributed by atoms with E-state index in [-0.39, 0.29) is 23.5 Å². The molecule has 0 aromatic carbocycles. The van der Waals surface area contributed by atoms with Gasteiger partial charge in [0.1, 0.15) is 9.88 Å². The van der Waals surface area contributed by atoms with Gasteiger partial charge in [0.2, 0.25) is 0 Å². The predicted molar refractivity (Wildman–Crippen MR) is 80.7 cm³/mol. The van der Waals surface area contributed by atoms with Crippen molar-refractivity contribution in [1.29, 1.82) is 0 Å². The molecule has 1 aromatic heterocycles. The number of carboxylic acid groups (broad SMARTS) is 1. The van der Waals surface area contributed by atoms with E-state index in [0.29, 0.717) is 10.7 Å². The summed E-state index contributed by atoms with van der Waals surface area (Å²) in [5, 5.41) is 12.5. The molecule has 2 heterocycles. The third kappa shape index (κ3) is 3.93. The zero-order valence-electron chi connectivity index (χ0n) is 12.4. The Morgan fingerprint density at radius 2 is 2.19 bits per heavy atom. The topological polar surface area (TPSA) is 82.5 Å². The van der Waals surface area contributed by atoms with Crippen molar-refractivity contribution >= 4 is 23.3 Å². The summed E-state index contributed by atoms with van der Waals surface area (Å²) >= 11 is 1.12. The summed E-state index contributed by atoms with van der Waals surface area (Å²) < 4.78 is 0. The number of thiazole rings is 1. The van der Waals surface area contributed by atoms with Crippen LogP contribution in [0.5, 0.6) is 0 Å². The highest BCUT2D eigenvalue weighted by atomic mass is 32.1. The van der Waals surface area contributed by atoms with Crippen LogP contribution < -0.4 is 5.32 Å². The Labute approximate surface area is 128 Å². The normalized spacial score (nSPS) is 19.1. The third-order valence-corrected chi connectivity index (χ3v) is 4.89. The van der Waals surface area contributed by atoms with Crippen molar-refractivity contribution < 1.29 is 14.7 Å². The van der Waals surface area contributed by atoms with Crippen molar-refractivity contribution in [2.45, 2.75) is 52.1 Å². The Kier molecular flexibility index (Phi) is 5.17. The first-order valence-electron chi connectivity index (χ1n) is 7.23. The molecule has 7 heteroatoms. The van der Waals surface area contributed by atoms with Gasteiger partial charge in [-0.05, 0) is 26.7 Å². The van der Waals surface area contributed by atoms with Gasteiger partial charge in [0, 0.05) is 12.6 Å². The summed E-state index contributed by atoms with van der Waals surface area (Å²) in [4.78, 5) is 29.5. The number of carbonyl (C=O) groups excluding carboxylic acids is 1. The van der Waals surface area contributed by atoms with Crippen LogP contribution in [-0.2, 0) is 6.54 Å². The van der Waals surface area contributed by atoms with Crippen LogP contribution in [0.4, 0.5) is 4.79 Å². The molecule has 1 saturated heterocycles. The molecule has 1 unspecified atom stereocenters. The highest BCUT2D eigenvalue weighted by molar-refractivity contribution is 7.13. The van der Waals surface area contributed by atoms with Crippen LogP contribution in [0, 0.1) is 6.92 Å². The van der Waals surface area contributed by atoms with Gasteiger partial charge in [-0.25, -0.2) is 14.6 Å². The molecule has 116 valence electrons. The molecule has 2 amide bonds. The third-order valence-electron chi connectivity index (χ3n) is 3.74. The number of nitrogens with one attached hydrogen (secondary N) is 1. The molecule has 0 saturated carbocycles. The summed E-state index contributed by atoms with van der Waals surface area (Å²) in [5.41, 5.74) is 0.500. The first-order valence-corrected chi connectivity index (χ1v) is 8.04. The van der Waals surface area contributed by atoms with E-state index >= 15 is 0 Å². The van der Waals surface area contributed by atoms with Gasteiger partial charge in [0.05, 0.1) is 12.2 Å². The van der Waals surface area contributed by atoms with E-state index in [2.05, 4.69) is 17.2 Å². The summed E-state index contributed by atoms with van der Waals surface area (Å²) in [6, 6.07) is 0.161. The first-order chi connectivity index (χ1) is 9.99. The van der Waals surface area contributed by atoms with Crippen molar-refractivity contribution in [3.8, 4) is 0 Å². The number of likely N-dealkylation sites (tertiary alicyclic amines) is 1. The standard InChI is InChI=1S/C14H21N3O3S/c1-9-6-4-3-5-7-17(9)14(20)15-8-11-16-10(2)12(21-11)13(18)19/h9H,3-8H2,1-2H3,(H,15,20)(H,18,19). The Hall–Kier alpha value is -1.63. The average Bonchev–Trinajstić information content (AvgIpc) is 2.67. The van der Waals surface area contributed by atoms with Gasteiger partial charge in [0.15, 0.2) is 0 Å². The fraction of sp³-hybridized carbons (Fsp3) is 0.643. The maximum absolute atomic E-state index is 12.2. The largest absolute Gasteiger partial charge is 0.477 e. The van der Waals surface area contributed by atoms with Gasteiger partial charge >= 0.3 is 12.0 Å². The van der Waals surface area contributed by atoms with E-state index in [0.717, 1.165) is 30.7 Å². The Morgan fingerprint density at radius 1 is 1.43 bits per heavy atom. The smallest absolute Gasteiger partial charge is 0.347 e. The minimum Gasteiger partial charge on any atom is -0.477 e. The van der Waals surface area contributed by atoms with Crippen LogP contribution in [0.15, 0.2) is 0 Å². The zero-order valence-corrected chi connectivity index (χ0v) is 13.2. The molecule has 2 rings (SSSR count). The fourth-order valence-corrected chi connectivity index (χ4v) is 3.40. The lowest BCUT2D eigenvalue weighted by Crippen LogP contribution is -2.44. The highest BCUT2D eigenvalue weighted by Gasteiger charge is 2.22. The van der Waals surface area contributed by atoms with Crippen molar-refractivity contribution in [2.75, 3.05) is 6.54 Å². The molecule has 1 aliphatic heterocycles. The molecule has 1 aromatic rings. The lowest BCUT2D eigenvalue weighted by Gasteiger charge is -2.27. The maximum atomic E-state index is 12.2. The minimum atomic E-state index is -0.969. The molecule has 1 aliphatic rings. The molecule has 0 bridgehead atoms. The Morgan fingerprint density at radius 3 is 2.86 bits per heavy atom. The summed E-state index contributed by atoms with van der Waals surface area (Å²) in [6.07, 6.45) is 4.41. The van der Waals surface area contributed by atoms with Crippen LogP contribution in [0.3, 0.4) is 0 Å². The maximum Gasteiger partial charge on any atom is 0.347 e. The van der Waals surface area contributed by atoms with Gasteiger partial charge in [-0.1, -0.05) is 12.8 Å². The monoisotopic (exact) mass is 311 g/mol. The van der Waals surface area contributed by atoms with E-state index in [9.17, 15) is 9.59 Å². The minimum absolute atomic E-state index is 0.0888. The summed E-state index contributed by atoms with van der Waals surface area (Å²) in [6.45, 7) is 4.80. The first kappa shape index (κ1) is 15.8. The summed E-state index contributed by atoms with van der Waals surface area (Å²) in [5.74, 6) is -0.969. The number of aromatic nitrogens is 1.